The molecule has 3 heterocycles. The Balaban J connectivity index is 1.04. The van der Waals surface area contributed by atoms with Gasteiger partial charge in [-0.2, -0.15) is 0 Å². The zero-order chi connectivity index (χ0) is 36.7. The number of hydrogen-bond acceptors (Lipinski definition) is 3. The Morgan fingerprint density at radius 2 is 1.02 bits per heavy atom. The maximum atomic E-state index is 6.62. The first-order valence-electron chi connectivity index (χ1n) is 19.0. The lowest BCUT2D eigenvalue weighted by Crippen LogP contribution is -2.10. The number of nitrogens with zero attached hydrogens (tertiary/aromatic N) is 2. The molecule has 4 heteroatoms. The predicted octanol–water partition coefficient (Wildman–Crippen LogP) is 14.9. The van der Waals surface area contributed by atoms with Crippen molar-refractivity contribution in [2.24, 2.45) is 0 Å². The Morgan fingerprint density at radius 3 is 1.86 bits per heavy atom. The second-order valence-electron chi connectivity index (χ2n) is 14.5. The van der Waals surface area contributed by atoms with Gasteiger partial charge in [-0.3, -0.25) is 0 Å². The van der Waals surface area contributed by atoms with E-state index in [1.54, 1.807) is 0 Å². The Labute approximate surface area is 321 Å². The Hall–Kier alpha value is -7.56. The third kappa shape index (κ3) is 4.60. The molecule has 0 radical (unpaired) electrons. The predicted molar refractivity (Wildman–Crippen MR) is 233 cm³/mol. The summed E-state index contributed by atoms with van der Waals surface area (Å²) in [5, 5.41) is 9.33. The molecule has 12 aromatic rings. The van der Waals surface area contributed by atoms with E-state index in [9.17, 15) is 0 Å². The molecule has 4 nitrogen and oxygen atoms in total. The molecule has 0 atom stereocenters. The van der Waals surface area contributed by atoms with Crippen LogP contribution >= 0.6 is 0 Å². The van der Waals surface area contributed by atoms with E-state index in [-0.39, 0.29) is 0 Å². The van der Waals surface area contributed by atoms with E-state index in [4.69, 9.17) is 8.83 Å². The average Bonchev–Trinajstić information content (AvgIpc) is 3.94. The van der Waals surface area contributed by atoms with Crippen molar-refractivity contribution >= 4 is 93.5 Å². The highest BCUT2D eigenvalue weighted by molar-refractivity contribution is 6.19. The largest absolute Gasteiger partial charge is 0.456 e. The van der Waals surface area contributed by atoms with Gasteiger partial charge in [-0.25, -0.2) is 0 Å². The van der Waals surface area contributed by atoms with E-state index in [0.29, 0.717) is 0 Å². The summed E-state index contributed by atoms with van der Waals surface area (Å²) in [6.07, 6.45) is 0. The Kier molecular flexibility index (Phi) is 6.60. The van der Waals surface area contributed by atoms with Crippen LogP contribution in [0.15, 0.2) is 203 Å². The van der Waals surface area contributed by atoms with E-state index >= 15 is 0 Å². The first-order valence-corrected chi connectivity index (χ1v) is 19.0. The minimum Gasteiger partial charge on any atom is -0.456 e. The average molecular weight is 717 g/mol. The SMILES string of the molecule is c1ccc(-n2c3cc(-c4ccc(N(c5ccc6oc7ccccc7c6c5)c5cccc6c5oc5ccccc56)cc4)ccc3c3ccc4ccccc4c32)cc1. The maximum Gasteiger partial charge on any atom is 0.159 e. The quantitative estimate of drug-likeness (QED) is 0.178. The molecule has 0 amide bonds. The lowest BCUT2D eigenvalue weighted by molar-refractivity contribution is 0.669. The van der Waals surface area contributed by atoms with Crippen LogP contribution in [-0.2, 0) is 0 Å². The molecule has 0 aliphatic rings. The maximum absolute atomic E-state index is 6.62. The fourth-order valence-electron chi connectivity index (χ4n) is 8.79. The molecule has 0 N–H and O–H groups in total. The third-order valence-corrected chi connectivity index (χ3v) is 11.4. The summed E-state index contributed by atoms with van der Waals surface area (Å²) < 4.78 is 15.3. The zero-order valence-corrected chi connectivity index (χ0v) is 30.2. The molecule has 0 unspecified atom stereocenters. The minimum absolute atomic E-state index is 0.849. The highest BCUT2D eigenvalue weighted by atomic mass is 16.3. The summed E-state index contributed by atoms with van der Waals surface area (Å²) in [7, 11) is 0. The number of benzene rings is 9. The normalized spacial score (nSPS) is 11.9. The van der Waals surface area contributed by atoms with Crippen LogP contribution in [0, 0.1) is 0 Å². The fraction of sp³-hybridized carbons (Fsp3) is 0. The first kappa shape index (κ1) is 30.9. The number of rotatable bonds is 5. The Bertz CT molecular complexity index is 3480. The monoisotopic (exact) mass is 716 g/mol. The summed E-state index contributed by atoms with van der Waals surface area (Å²) in [5.41, 5.74) is 12.3. The Morgan fingerprint density at radius 1 is 0.375 bits per heavy atom. The molecule has 9 aromatic carbocycles. The molecule has 3 aromatic heterocycles. The van der Waals surface area contributed by atoms with Crippen molar-refractivity contribution in [3.8, 4) is 16.8 Å². The smallest absolute Gasteiger partial charge is 0.159 e. The fourth-order valence-corrected chi connectivity index (χ4v) is 8.79. The molecular formula is C52H32N2O2. The van der Waals surface area contributed by atoms with Crippen LogP contribution < -0.4 is 4.90 Å². The van der Waals surface area contributed by atoms with Crippen molar-refractivity contribution in [1.29, 1.82) is 0 Å². The molecule has 0 spiro atoms. The van der Waals surface area contributed by atoms with Crippen LogP contribution in [-0.4, -0.2) is 4.57 Å². The summed E-state index contributed by atoms with van der Waals surface area (Å²) in [6.45, 7) is 0. The molecular weight excluding hydrogens is 685 g/mol. The van der Waals surface area contributed by atoms with Crippen molar-refractivity contribution in [3.05, 3.63) is 194 Å². The summed E-state index contributed by atoms with van der Waals surface area (Å²) in [4.78, 5) is 2.30. The van der Waals surface area contributed by atoms with Crippen LogP contribution in [0.2, 0.25) is 0 Å². The van der Waals surface area contributed by atoms with Gasteiger partial charge in [-0.1, -0.05) is 127 Å². The van der Waals surface area contributed by atoms with Crippen LogP contribution in [0.25, 0.3) is 93.3 Å². The number of anilines is 3. The van der Waals surface area contributed by atoms with Crippen molar-refractivity contribution in [3.63, 3.8) is 0 Å². The first-order chi connectivity index (χ1) is 27.8. The lowest BCUT2D eigenvalue weighted by atomic mass is 10.0. The standard InChI is InChI=1S/C52H32N2O2/c1-2-12-36(13-3-1)54-47-31-35(24-28-40(47)43-29-23-34-11-4-5-14-39(34)51(43)54)33-21-25-37(26-22-33)53(38-27-30-50-45(32-38)42-16-7-8-19-48(42)55-50)46-18-10-17-44-41-15-6-9-20-49(41)56-52(44)46/h1-32H. The minimum atomic E-state index is 0.849. The molecule has 262 valence electrons. The van der Waals surface area contributed by atoms with Gasteiger partial charge in [0.1, 0.15) is 16.7 Å². The molecule has 56 heavy (non-hydrogen) atoms. The topological polar surface area (TPSA) is 34.5 Å². The molecule has 0 saturated heterocycles. The van der Waals surface area contributed by atoms with Gasteiger partial charge in [0.25, 0.3) is 0 Å². The van der Waals surface area contributed by atoms with Gasteiger partial charge < -0.3 is 18.3 Å². The van der Waals surface area contributed by atoms with Gasteiger partial charge >= 0.3 is 0 Å². The van der Waals surface area contributed by atoms with E-state index in [2.05, 4.69) is 179 Å². The van der Waals surface area contributed by atoms with Crippen LogP contribution in [0.5, 0.6) is 0 Å². The summed E-state index contributed by atoms with van der Waals surface area (Å²) in [5.74, 6) is 0. The van der Waals surface area contributed by atoms with Crippen molar-refractivity contribution in [2.45, 2.75) is 0 Å². The second kappa shape index (κ2) is 12.0. The van der Waals surface area contributed by atoms with Gasteiger partial charge in [0.05, 0.1) is 16.7 Å². The molecule has 12 rings (SSSR count). The van der Waals surface area contributed by atoms with Crippen molar-refractivity contribution in [2.75, 3.05) is 4.90 Å². The van der Waals surface area contributed by atoms with Crippen LogP contribution in [0.4, 0.5) is 17.1 Å². The third-order valence-electron chi connectivity index (χ3n) is 11.4. The summed E-state index contributed by atoms with van der Waals surface area (Å²) in [6, 6.07) is 69.1. The number of aromatic nitrogens is 1. The van der Waals surface area contributed by atoms with E-state index in [0.717, 1.165) is 77.8 Å². The van der Waals surface area contributed by atoms with Crippen molar-refractivity contribution < 1.29 is 8.83 Å². The summed E-state index contributed by atoms with van der Waals surface area (Å²) >= 11 is 0. The number of hydrogen-bond donors (Lipinski definition) is 0. The van der Waals surface area contributed by atoms with Gasteiger partial charge in [-0.15, -0.1) is 0 Å². The molecule has 0 aliphatic heterocycles. The van der Waals surface area contributed by atoms with Crippen LogP contribution in [0.1, 0.15) is 0 Å². The molecule has 0 aliphatic carbocycles. The lowest BCUT2D eigenvalue weighted by Gasteiger charge is -2.26. The van der Waals surface area contributed by atoms with E-state index < -0.39 is 0 Å². The van der Waals surface area contributed by atoms with Crippen molar-refractivity contribution in [1.82, 2.24) is 4.57 Å². The number of para-hydroxylation sites is 4. The van der Waals surface area contributed by atoms with E-state index in [1.807, 2.05) is 24.3 Å². The number of furan rings is 2. The van der Waals surface area contributed by atoms with E-state index in [1.165, 1.54) is 32.6 Å². The number of fused-ring (bicyclic) bond motifs is 11. The molecule has 0 bridgehead atoms. The van der Waals surface area contributed by atoms with Gasteiger partial charge in [0.2, 0.25) is 0 Å². The van der Waals surface area contributed by atoms with Gasteiger partial charge in [-0.05, 0) is 83.2 Å². The van der Waals surface area contributed by atoms with Gasteiger partial charge in [0.15, 0.2) is 5.58 Å². The second-order valence-corrected chi connectivity index (χ2v) is 14.5. The molecule has 0 fully saturated rings. The highest BCUT2D eigenvalue weighted by Gasteiger charge is 2.21. The molecule has 0 saturated carbocycles. The highest BCUT2D eigenvalue weighted by Crippen LogP contribution is 2.44. The zero-order valence-electron chi connectivity index (χ0n) is 30.2. The van der Waals surface area contributed by atoms with Gasteiger partial charge in [0, 0.05) is 54.8 Å². The van der Waals surface area contributed by atoms with Crippen LogP contribution in [0.3, 0.4) is 0 Å².